The van der Waals surface area contributed by atoms with Crippen LogP contribution in [0.3, 0.4) is 0 Å². The van der Waals surface area contributed by atoms with Crippen LogP contribution in [0, 0.1) is 10.1 Å². The van der Waals surface area contributed by atoms with Crippen molar-refractivity contribution < 1.29 is 18.5 Å². The van der Waals surface area contributed by atoms with E-state index in [0.29, 0.717) is 11.3 Å². The second-order valence-electron chi connectivity index (χ2n) is 5.14. The first-order valence-electron chi connectivity index (χ1n) is 7.95. The first-order valence-corrected chi connectivity index (χ1v) is 9.56. The molecule has 0 radical (unpaired) electrons. The lowest BCUT2D eigenvalue weighted by Gasteiger charge is -2.28. The van der Waals surface area contributed by atoms with E-state index in [1.165, 1.54) is 12.1 Å². The Labute approximate surface area is 146 Å². The number of rotatable bonds is 9. The monoisotopic (exact) mass is 364 g/mol. The van der Waals surface area contributed by atoms with Crippen LogP contribution in [0.5, 0.6) is 0 Å². The van der Waals surface area contributed by atoms with Gasteiger partial charge in [0.15, 0.2) is 5.78 Å². The molecule has 7 nitrogen and oxygen atoms in total. The fraction of sp³-hybridized carbons (Fsp3) is 0.294. The molecule has 0 bridgehead atoms. The van der Waals surface area contributed by atoms with Gasteiger partial charge in [-0.3, -0.25) is 14.7 Å². The maximum absolute atomic E-state index is 13.3. The van der Waals surface area contributed by atoms with Crippen molar-refractivity contribution in [2.75, 3.05) is 18.5 Å². The molecule has 0 fully saturated rings. The van der Waals surface area contributed by atoms with E-state index in [1.54, 1.807) is 26.0 Å². The standard InChI is InChI=1S/C17H21N2O5P/c1-3-23-25(22,24-4-2)17(18-15-10-6-5-7-11-15)14-9-8-12-16(13-14)19(20)21/h5-13,17-18H,3-4H2,1-2H3/t17-/m1/s1. The second kappa shape index (κ2) is 8.76. The quantitative estimate of drug-likeness (QED) is 0.384. The summed E-state index contributed by atoms with van der Waals surface area (Å²) in [6, 6.07) is 15.1. The van der Waals surface area contributed by atoms with Crippen LogP contribution < -0.4 is 5.32 Å². The molecule has 25 heavy (non-hydrogen) atoms. The number of nitro groups is 1. The van der Waals surface area contributed by atoms with Crippen molar-refractivity contribution in [3.05, 3.63) is 70.3 Å². The highest BCUT2D eigenvalue weighted by Crippen LogP contribution is 2.60. The average Bonchev–Trinajstić information content (AvgIpc) is 2.61. The van der Waals surface area contributed by atoms with Gasteiger partial charge in [-0.05, 0) is 31.5 Å². The number of nitrogens with one attached hydrogen (secondary N) is 1. The van der Waals surface area contributed by atoms with Crippen molar-refractivity contribution in [1.29, 1.82) is 0 Å². The third-order valence-electron chi connectivity index (χ3n) is 3.41. The lowest BCUT2D eigenvalue weighted by Crippen LogP contribution is -2.15. The van der Waals surface area contributed by atoms with Gasteiger partial charge in [0, 0.05) is 17.8 Å². The molecular formula is C17H21N2O5P. The first-order chi connectivity index (χ1) is 12.0. The molecular weight excluding hydrogens is 343 g/mol. The first kappa shape index (κ1) is 19.1. The molecule has 134 valence electrons. The molecule has 1 atom stereocenters. The number of benzene rings is 2. The summed E-state index contributed by atoms with van der Waals surface area (Å²) in [7, 11) is -3.60. The number of para-hydroxylation sites is 1. The Bertz CT molecular complexity index is 744. The Morgan fingerprint density at radius 1 is 1.08 bits per heavy atom. The lowest BCUT2D eigenvalue weighted by molar-refractivity contribution is -0.384. The smallest absolute Gasteiger partial charge is 0.357 e. The third kappa shape index (κ3) is 4.89. The van der Waals surface area contributed by atoms with Crippen LogP contribution in [0.15, 0.2) is 54.6 Å². The molecule has 0 unspecified atom stereocenters. The van der Waals surface area contributed by atoms with E-state index in [4.69, 9.17) is 9.05 Å². The maximum atomic E-state index is 13.3. The molecule has 0 aliphatic rings. The molecule has 8 heteroatoms. The molecule has 0 aliphatic carbocycles. The van der Waals surface area contributed by atoms with Gasteiger partial charge in [0.2, 0.25) is 0 Å². The zero-order chi connectivity index (χ0) is 18.3. The minimum absolute atomic E-state index is 0.0862. The molecule has 0 heterocycles. The van der Waals surface area contributed by atoms with Crippen LogP contribution >= 0.6 is 7.60 Å². The number of hydrogen-bond acceptors (Lipinski definition) is 6. The Morgan fingerprint density at radius 3 is 2.28 bits per heavy atom. The summed E-state index contributed by atoms with van der Waals surface area (Å²) in [5.74, 6) is -0.866. The molecule has 2 aromatic carbocycles. The number of nitro benzene ring substituents is 1. The Balaban J connectivity index is 2.49. The molecule has 0 spiro atoms. The summed E-state index contributed by atoms with van der Waals surface area (Å²) in [6.07, 6.45) is 0. The largest absolute Gasteiger partial charge is 0.368 e. The van der Waals surface area contributed by atoms with E-state index in [0.717, 1.165) is 0 Å². The van der Waals surface area contributed by atoms with E-state index < -0.39 is 18.3 Å². The molecule has 0 saturated carbocycles. The van der Waals surface area contributed by atoms with E-state index in [9.17, 15) is 14.7 Å². The van der Waals surface area contributed by atoms with Gasteiger partial charge in [-0.15, -0.1) is 0 Å². The van der Waals surface area contributed by atoms with Gasteiger partial charge in [-0.25, -0.2) is 0 Å². The minimum atomic E-state index is -3.60. The summed E-state index contributed by atoms with van der Waals surface area (Å²) in [5.41, 5.74) is 1.08. The van der Waals surface area contributed by atoms with Crippen molar-refractivity contribution in [3.63, 3.8) is 0 Å². The molecule has 0 aromatic heterocycles. The zero-order valence-corrected chi connectivity index (χ0v) is 15.0. The molecule has 0 saturated heterocycles. The topological polar surface area (TPSA) is 90.7 Å². The number of anilines is 1. The zero-order valence-electron chi connectivity index (χ0n) is 14.1. The second-order valence-corrected chi connectivity index (χ2v) is 7.25. The fourth-order valence-electron chi connectivity index (χ4n) is 2.39. The van der Waals surface area contributed by atoms with Crippen LogP contribution in [-0.4, -0.2) is 18.1 Å². The highest BCUT2D eigenvalue weighted by molar-refractivity contribution is 7.54. The van der Waals surface area contributed by atoms with Crippen LogP contribution in [0.2, 0.25) is 0 Å². The van der Waals surface area contributed by atoms with E-state index in [-0.39, 0.29) is 18.9 Å². The predicted octanol–water partition coefficient (Wildman–Crippen LogP) is 4.97. The van der Waals surface area contributed by atoms with Crippen LogP contribution in [0.1, 0.15) is 25.2 Å². The average molecular weight is 364 g/mol. The summed E-state index contributed by atoms with van der Waals surface area (Å²) >= 11 is 0. The minimum Gasteiger partial charge on any atom is -0.368 e. The molecule has 0 amide bonds. The summed E-state index contributed by atoms with van der Waals surface area (Å²) in [4.78, 5) is 10.6. The maximum Gasteiger partial charge on any atom is 0.357 e. The predicted molar refractivity (Wildman–Crippen MR) is 96.8 cm³/mol. The van der Waals surface area contributed by atoms with E-state index in [2.05, 4.69) is 5.32 Å². The van der Waals surface area contributed by atoms with Gasteiger partial charge in [0.25, 0.3) is 5.69 Å². The SMILES string of the molecule is CCOP(=O)(OCC)[C@@H](Nc1ccccc1)c1cccc([N+](=O)[O-])c1. The number of nitrogens with zero attached hydrogens (tertiary/aromatic N) is 1. The van der Waals surface area contributed by atoms with Crippen molar-refractivity contribution in [2.45, 2.75) is 19.6 Å². The van der Waals surface area contributed by atoms with Crippen LogP contribution in [0.25, 0.3) is 0 Å². The number of hydrogen-bond donors (Lipinski definition) is 1. The Hall–Kier alpha value is -2.21. The van der Waals surface area contributed by atoms with Gasteiger partial charge in [0.1, 0.15) is 0 Å². The van der Waals surface area contributed by atoms with Gasteiger partial charge in [0.05, 0.1) is 18.1 Å². The molecule has 1 N–H and O–H groups in total. The van der Waals surface area contributed by atoms with Crippen LogP contribution in [0.4, 0.5) is 11.4 Å². The van der Waals surface area contributed by atoms with E-state index >= 15 is 0 Å². The fourth-order valence-corrected chi connectivity index (χ4v) is 4.32. The van der Waals surface area contributed by atoms with E-state index in [1.807, 2.05) is 30.3 Å². The third-order valence-corrected chi connectivity index (χ3v) is 5.70. The number of non-ortho nitro benzene ring substituents is 1. The summed E-state index contributed by atoms with van der Waals surface area (Å²) in [5, 5.41) is 14.2. The van der Waals surface area contributed by atoms with Crippen LogP contribution in [-0.2, 0) is 13.6 Å². The van der Waals surface area contributed by atoms with Crippen molar-refractivity contribution in [2.24, 2.45) is 0 Å². The normalized spacial score (nSPS) is 12.6. The highest BCUT2D eigenvalue weighted by Gasteiger charge is 2.37. The van der Waals surface area contributed by atoms with Gasteiger partial charge in [-0.2, -0.15) is 0 Å². The Morgan fingerprint density at radius 2 is 1.72 bits per heavy atom. The lowest BCUT2D eigenvalue weighted by atomic mass is 10.2. The van der Waals surface area contributed by atoms with Gasteiger partial charge < -0.3 is 14.4 Å². The van der Waals surface area contributed by atoms with Crippen molar-refractivity contribution in [1.82, 2.24) is 0 Å². The van der Waals surface area contributed by atoms with Gasteiger partial charge in [-0.1, -0.05) is 30.3 Å². The van der Waals surface area contributed by atoms with Crippen molar-refractivity contribution >= 4 is 19.0 Å². The highest BCUT2D eigenvalue weighted by atomic mass is 31.2. The van der Waals surface area contributed by atoms with Gasteiger partial charge >= 0.3 is 7.60 Å². The summed E-state index contributed by atoms with van der Waals surface area (Å²) < 4.78 is 24.2. The molecule has 2 aromatic rings. The van der Waals surface area contributed by atoms with Crippen molar-refractivity contribution in [3.8, 4) is 0 Å². The summed E-state index contributed by atoms with van der Waals surface area (Å²) in [6.45, 7) is 3.83. The Kier molecular flexibility index (Phi) is 6.70. The molecule has 2 rings (SSSR count). The molecule has 0 aliphatic heterocycles.